The first kappa shape index (κ1) is 23.3. The molecule has 0 atom stereocenters. The Morgan fingerprint density at radius 1 is 0.972 bits per heavy atom. The number of nitrogens with one attached hydrogen (secondary N) is 1. The molecule has 1 aromatic heterocycles. The van der Waals surface area contributed by atoms with Gasteiger partial charge in [-0.3, -0.25) is 14.4 Å². The number of para-hydroxylation sites is 1. The Morgan fingerprint density at radius 3 is 2.58 bits per heavy atom. The lowest BCUT2D eigenvalue weighted by atomic mass is 10.3. The highest BCUT2D eigenvalue weighted by atomic mass is 16.7. The van der Waals surface area contributed by atoms with Crippen molar-refractivity contribution in [2.24, 2.45) is 0 Å². The van der Waals surface area contributed by atoms with Crippen LogP contribution in [-0.4, -0.2) is 75.8 Å². The van der Waals surface area contributed by atoms with Crippen molar-refractivity contribution in [1.82, 2.24) is 25.0 Å². The van der Waals surface area contributed by atoms with Gasteiger partial charge in [-0.2, -0.15) is 9.90 Å². The van der Waals surface area contributed by atoms with E-state index in [9.17, 15) is 14.4 Å². The highest BCUT2D eigenvalue weighted by molar-refractivity contribution is 5.95. The number of aryl methyl sites for hydroxylation is 1. The topological polar surface area (TPSA) is 128 Å². The van der Waals surface area contributed by atoms with E-state index in [1.807, 2.05) is 30.3 Å². The molecular formula is C24H24N6O6. The van der Waals surface area contributed by atoms with E-state index in [0.717, 1.165) is 5.69 Å². The normalized spacial score (nSPS) is 14.2. The Balaban J connectivity index is 1.15. The van der Waals surface area contributed by atoms with Crippen molar-refractivity contribution >= 4 is 23.4 Å². The van der Waals surface area contributed by atoms with Gasteiger partial charge in [-0.15, -0.1) is 5.10 Å². The van der Waals surface area contributed by atoms with E-state index in [4.69, 9.17) is 14.2 Å². The van der Waals surface area contributed by atoms with Crippen LogP contribution in [0.15, 0.2) is 48.5 Å². The van der Waals surface area contributed by atoms with Crippen LogP contribution in [0.25, 0.3) is 5.69 Å². The molecule has 0 bridgehead atoms. The number of nitrogens with zero attached hydrogens (tertiary/aromatic N) is 5. The first-order chi connectivity index (χ1) is 17.5. The maximum atomic E-state index is 13.2. The standard InChI is InChI=1S/C24H24N6O6/c1-16-23(27-30(26-16)18-6-3-2-4-7-18)24(33)29-11-5-10-28(29)22(32)14-34-13-21(31)25-17-8-9-19-20(12-17)36-15-35-19/h2-4,6-9,12H,5,10-11,13-15H2,1H3,(H,25,31). The molecule has 1 fully saturated rings. The molecule has 3 heterocycles. The van der Waals surface area contributed by atoms with Crippen molar-refractivity contribution in [3.8, 4) is 17.2 Å². The summed E-state index contributed by atoms with van der Waals surface area (Å²) in [5.41, 5.74) is 1.87. The third-order valence-electron chi connectivity index (χ3n) is 5.64. The Kier molecular flexibility index (Phi) is 6.50. The molecule has 2 aliphatic heterocycles. The molecule has 2 aliphatic rings. The second-order valence-electron chi connectivity index (χ2n) is 8.17. The number of aromatic nitrogens is 3. The van der Waals surface area contributed by atoms with Crippen LogP contribution in [0.4, 0.5) is 5.69 Å². The van der Waals surface area contributed by atoms with Gasteiger partial charge in [-0.05, 0) is 37.6 Å². The van der Waals surface area contributed by atoms with Crippen molar-refractivity contribution in [2.75, 3.05) is 38.4 Å². The number of anilines is 1. The molecule has 0 radical (unpaired) electrons. The van der Waals surface area contributed by atoms with Gasteiger partial charge in [0, 0.05) is 24.8 Å². The van der Waals surface area contributed by atoms with Gasteiger partial charge in [0.05, 0.1) is 11.4 Å². The van der Waals surface area contributed by atoms with Gasteiger partial charge in [-0.25, -0.2) is 10.0 Å². The summed E-state index contributed by atoms with van der Waals surface area (Å²) in [5, 5.41) is 14.0. The van der Waals surface area contributed by atoms with Crippen molar-refractivity contribution in [3.63, 3.8) is 0 Å². The van der Waals surface area contributed by atoms with Crippen molar-refractivity contribution in [1.29, 1.82) is 0 Å². The fourth-order valence-electron chi connectivity index (χ4n) is 3.93. The van der Waals surface area contributed by atoms with Gasteiger partial charge in [0.15, 0.2) is 17.2 Å². The van der Waals surface area contributed by atoms with Crippen molar-refractivity contribution in [3.05, 3.63) is 59.9 Å². The number of carbonyl (C=O) groups excluding carboxylic acids is 3. The van der Waals surface area contributed by atoms with Crippen LogP contribution in [0.2, 0.25) is 0 Å². The highest BCUT2D eigenvalue weighted by Crippen LogP contribution is 2.34. The van der Waals surface area contributed by atoms with Crippen LogP contribution in [-0.2, 0) is 14.3 Å². The lowest BCUT2D eigenvalue weighted by Gasteiger charge is -2.27. The zero-order valence-corrected chi connectivity index (χ0v) is 19.5. The summed E-state index contributed by atoms with van der Waals surface area (Å²) in [4.78, 5) is 39.6. The summed E-state index contributed by atoms with van der Waals surface area (Å²) in [6.45, 7) is 1.89. The maximum absolute atomic E-state index is 13.2. The Bertz CT molecular complexity index is 1290. The Labute approximate surface area is 206 Å². The van der Waals surface area contributed by atoms with Gasteiger partial charge in [-0.1, -0.05) is 18.2 Å². The summed E-state index contributed by atoms with van der Waals surface area (Å²) in [5.74, 6) is -0.117. The Hall–Kier alpha value is -4.45. The average molecular weight is 492 g/mol. The van der Waals surface area contributed by atoms with Crippen molar-refractivity contribution < 1.29 is 28.6 Å². The van der Waals surface area contributed by atoms with E-state index in [-0.39, 0.29) is 25.7 Å². The van der Waals surface area contributed by atoms with Crippen LogP contribution < -0.4 is 14.8 Å². The summed E-state index contributed by atoms with van der Waals surface area (Å²) in [7, 11) is 0. The summed E-state index contributed by atoms with van der Waals surface area (Å²) in [6, 6.07) is 14.3. The average Bonchev–Trinajstić information content (AvgIpc) is 3.63. The molecule has 3 amide bonds. The number of fused-ring (bicyclic) bond motifs is 1. The van der Waals surface area contributed by atoms with Crippen molar-refractivity contribution in [2.45, 2.75) is 13.3 Å². The number of hydrazine groups is 1. The molecule has 2 aromatic carbocycles. The van der Waals surface area contributed by atoms with E-state index in [0.29, 0.717) is 42.4 Å². The molecular weight excluding hydrogens is 468 g/mol. The van der Waals surface area contributed by atoms with Crippen LogP contribution in [0.3, 0.4) is 0 Å². The van der Waals surface area contributed by atoms with Gasteiger partial charge in [0.2, 0.25) is 12.7 Å². The van der Waals surface area contributed by atoms with E-state index in [2.05, 4.69) is 15.5 Å². The largest absolute Gasteiger partial charge is 0.454 e. The highest BCUT2D eigenvalue weighted by Gasteiger charge is 2.33. The minimum atomic E-state index is -0.427. The van der Waals surface area contributed by atoms with Crippen LogP contribution in [0, 0.1) is 6.92 Å². The SMILES string of the molecule is Cc1nn(-c2ccccc2)nc1C(=O)N1CCCN1C(=O)COCC(=O)Nc1ccc2c(c1)OCO2. The number of rotatable bonds is 7. The second kappa shape index (κ2) is 10.0. The monoisotopic (exact) mass is 492 g/mol. The predicted molar refractivity (Wildman–Crippen MR) is 125 cm³/mol. The number of benzene rings is 2. The lowest BCUT2D eigenvalue weighted by Crippen LogP contribution is -2.46. The molecule has 186 valence electrons. The molecule has 12 heteroatoms. The van der Waals surface area contributed by atoms with E-state index < -0.39 is 17.7 Å². The fraction of sp³-hybridized carbons (Fsp3) is 0.292. The third-order valence-corrected chi connectivity index (χ3v) is 5.64. The molecule has 0 saturated carbocycles. The summed E-state index contributed by atoms with van der Waals surface area (Å²) >= 11 is 0. The number of hydrogen-bond acceptors (Lipinski definition) is 8. The van der Waals surface area contributed by atoms with Crippen LogP contribution in [0.5, 0.6) is 11.5 Å². The van der Waals surface area contributed by atoms with Crippen LogP contribution >= 0.6 is 0 Å². The second-order valence-corrected chi connectivity index (χ2v) is 8.17. The molecule has 3 aromatic rings. The molecule has 36 heavy (non-hydrogen) atoms. The third kappa shape index (κ3) is 4.84. The lowest BCUT2D eigenvalue weighted by molar-refractivity contribution is -0.146. The molecule has 0 aliphatic carbocycles. The minimum absolute atomic E-state index is 0.138. The molecule has 0 unspecified atom stereocenters. The number of amides is 3. The Morgan fingerprint density at radius 2 is 1.75 bits per heavy atom. The zero-order chi connectivity index (χ0) is 25.1. The number of ether oxygens (including phenoxy) is 3. The van der Waals surface area contributed by atoms with Gasteiger partial charge >= 0.3 is 0 Å². The smallest absolute Gasteiger partial charge is 0.294 e. The molecule has 0 spiro atoms. The van der Waals surface area contributed by atoms with E-state index >= 15 is 0 Å². The fourth-order valence-corrected chi connectivity index (χ4v) is 3.93. The molecule has 12 nitrogen and oxygen atoms in total. The summed E-state index contributed by atoms with van der Waals surface area (Å²) < 4.78 is 15.9. The van der Waals surface area contributed by atoms with E-state index in [1.54, 1.807) is 25.1 Å². The summed E-state index contributed by atoms with van der Waals surface area (Å²) in [6.07, 6.45) is 0.619. The predicted octanol–water partition coefficient (Wildman–Crippen LogP) is 1.55. The maximum Gasteiger partial charge on any atom is 0.294 e. The molecule has 5 rings (SSSR count). The molecule has 1 N–H and O–H groups in total. The van der Waals surface area contributed by atoms with Gasteiger partial charge in [0.25, 0.3) is 11.8 Å². The first-order valence-corrected chi connectivity index (χ1v) is 11.4. The number of carbonyl (C=O) groups is 3. The van der Waals surface area contributed by atoms with Gasteiger partial charge < -0.3 is 19.5 Å². The van der Waals surface area contributed by atoms with Crippen LogP contribution in [0.1, 0.15) is 22.6 Å². The zero-order valence-electron chi connectivity index (χ0n) is 19.5. The van der Waals surface area contributed by atoms with E-state index in [1.165, 1.54) is 14.8 Å². The van der Waals surface area contributed by atoms with Gasteiger partial charge in [0.1, 0.15) is 13.2 Å². The molecule has 1 saturated heterocycles. The minimum Gasteiger partial charge on any atom is -0.454 e. The number of hydrogen-bond donors (Lipinski definition) is 1. The quantitative estimate of drug-likeness (QED) is 0.526. The first-order valence-electron chi connectivity index (χ1n) is 11.4.